The zero-order chi connectivity index (χ0) is 24.0. The van der Waals surface area contributed by atoms with E-state index in [-0.39, 0.29) is 22.3 Å². The van der Waals surface area contributed by atoms with E-state index in [9.17, 15) is 10.5 Å². The van der Waals surface area contributed by atoms with Crippen molar-refractivity contribution in [2.24, 2.45) is 5.92 Å². The van der Waals surface area contributed by atoms with Crippen LogP contribution >= 0.6 is 0 Å². The first-order valence-electron chi connectivity index (χ1n) is 11.8. The van der Waals surface area contributed by atoms with E-state index in [0.29, 0.717) is 11.3 Å². The van der Waals surface area contributed by atoms with Crippen molar-refractivity contribution in [3.8, 4) is 12.1 Å². The number of hydrogen-bond donors (Lipinski definition) is 0. The summed E-state index contributed by atoms with van der Waals surface area (Å²) in [5.74, 6) is 1.55. The average Bonchev–Trinajstić information content (AvgIpc) is 2.77. The third-order valence-corrected chi connectivity index (χ3v) is 7.27. The predicted molar refractivity (Wildman–Crippen MR) is 133 cm³/mol. The van der Waals surface area contributed by atoms with Crippen molar-refractivity contribution >= 4 is 11.8 Å². The van der Waals surface area contributed by atoms with Gasteiger partial charge in [0.2, 0.25) is 0 Å². The van der Waals surface area contributed by atoms with Crippen molar-refractivity contribution < 1.29 is 4.74 Å². The molecule has 1 aromatic rings. The molecule has 0 radical (unpaired) electrons. The molecule has 0 N–H and O–H groups in total. The number of anilines is 1. The Morgan fingerprint density at radius 3 is 2.06 bits per heavy atom. The zero-order valence-corrected chi connectivity index (χ0v) is 20.6. The summed E-state index contributed by atoms with van der Waals surface area (Å²) < 4.78 is 6.09. The van der Waals surface area contributed by atoms with Crippen LogP contribution in [0, 0.1) is 28.6 Å². The molecule has 0 saturated heterocycles. The summed E-state index contributed by atoms with van der Waals surface area (Å²) in [5, 5.41) is 18.7. The minimum absolute atomic E-state index is 0.101. The molecule has 0 aromatic heterocycles. The second-order valence-electron chi connectivity index (χ2n) is 11.0. The van der Waals surface area contributed by atoms with Gasteiger partial charge in [0, 0.05) is 30.3 Å². The van der Waals surface area contributed by atoms with Gasteiger partial charge in [-0.15, -0.1) is 0 Å². The first-order chi connectivity index (χ1) is 15.6. The average molecular weight is 440 g/mol. The monoisotopic (exact) mass is 439 g/mol. The van der Waals surface area contributed by atoms with E-state index < -0.39 is 0 Å². The van der Waals surface area contributed by atoms with Crippen molar-refractivity contribution in [2.45, 2.75) is 65.2 Å². The maximum atomic E-state index is 9.34. The first-order valence-corrected chi connectivity index (χ1v) is 11.8. The lowest BCUT2D eigenvalue weighted by Crippen LogP contribution is -2.44. The number of allylic oxidation sites excluding steroid dienone is 6. The van der Waals surface area contributed by atoms with Gasteiger partial charge in [-0.3, -0.25) is 0 Å². The van der Waals surface area contributed by atoms with Gasteiger partial charge >= 0.3 is 0 Å². The summed E-state index contributed by atoms with van der Waals surface area (Å²) in [4.78, 5) is 2.57. The number of rotatable bonds is 3. The predicted octanol–water partition coefficient (Wildman–Crippen LogP) is 6.67. The third kappa shape index (κ3) is 4.23. The molecule has 4 nitrogen and oxygen atoms in total. The first kappa shape index (κ1) is 22.9. The number of ether oxygens (including phenoxy) is 1. The lowest BCUT2D eigenvalue weighted by molar-refractivity contribution is 0.275. The van der Waals surface area contributed by atoms with Gasteiger partial charge < -0.3 is 9.64 Å². The lowest BCUT2D eigenvalue weighted by Gasteiger charge is -2.48. The van der Waals surface area contributed by atoms with Crippen molar-refractivity contribution in [1.82, 2.24) is 0 Å². The molecule has 4 heteroatoms. The Balaban J connectivity index is 1.78. The fraction of sp³-hybridized carbons (Fsp3) is 0.448. The molecule has 0 atom stereocenters. The Bertz CT molecular complexity index is 1140. The van der Waals surface area contributed by atoms with Crippen LogP contribution in [0.5, 0.6) is 0 Å². The lowest BCUT2D eigenvalue weighted by atomic mass is 9.69. The van der Waals surface area contributed by atoms with Gasteiger partial charge in [-0.1, -0.05) is 47.6 Å². The summed E-state index contributed by atoms with van der Waals surface area (Å²) in [7, 11) is 0. The van der Waals surface area contributed by atoms with Gasteiger partial charge in [0.25, 0.3) is 0 Å². The van der Waals surface area contributed by atoms with E-state index in [1.165, 1.54) is 16.8 Å². The van der Waals surface area contributed by atoms with Crippen LogP contribution in [-0.4, -0.2) is 13.1 Å². The number of nitrogens with zero attached hydrogens (tertiary/aromatic N) is 3. The zero-order valence-electron chi connectivity index (χ0n) is 20.6. The van der Waals surface area contributed by atoms with Crippen molar-refractivity contribution in [3.05, 3.63) is 69.7 Å². The van der Waals surface area contributed by atoms with Gasteiger partial charge in [0.15, 0.2) is 0 Å². The van der Waals surface area contributed by atoms with Crippen LogP contribution in [-0.2, 0) is 15.6 Å². The van der Waals surface area contributed by atoms with Gasteiger partial charge in [-0.05, 0) is 70.7 Å². The number of nitriles is 2. The van der Waals surface area contributed by atoms with Crippen LogP contribution in [0.15, 0.2) is 53.0 Å². The largest absolute Gasteiger partial charge is 0.461 e. The second-order valence-corrected chi connectivity index (χ2v) is 11.0. The molecule has 0 aliphatic carbocycles. The molecule has 0 saturated carbocycles. The van der Waals surface area contributed by atoms with Crippen LogP contribution in [0.4, 0.5) is 5.69 Å². The van der Waals surface area contributed by atoms with E-state index in [4.69, 9.17) is 4.74 Å². The van der Waals surface area contributed by atoms with Crippen LogP contribution in [0.1, 0.15) is 71.1 Å². The molecule has 170 valence electrons. The SMILES string of the molecule is CC(C)C1=CC(=C(C#N)C#N)C=C(C=Cc2cc3c4c(c2)C(C)(C)CCN4CCC3(C)C)O1. The summed E-state index contributed by atoms with van der Waals surface area (Å²) in [6, 6.07) is 8.66. The van der Waals surface area contributed by atoms with Crippen LogP contribution in [0.25, 0.3) is 6.08 Å². The van der Waals surface area contributed by atoms with E-state index in [1.54, 1.807) is 12.2 Å². The minimum Gasteiger partial charge on any atom is -0.461 e. The number of hydrogen-bond acceptors (Lipinski definition) is 4. The van der Waals surface area contributed by atoms with Crippen LogP contribution < -0.4 is 4.90 Å². The van der Waals surface area contributed by atoms with E-state index in [2.05, 4.69) is 50.8 Å². The normalized spacial score (nSPS) is 20.4. The maximum absolute atomic E-state index is 9.34. The highest BCUT2D eigenvalue weighted by molar-refractivity contribution is 5.72. The Kier molecular flexibility index (Phi) is 5.75. The van der Waals surface area contributed by atoms with Crippen molar-refractivity contribution in [2.75, 3.05) is 18.0 Å². The van der Waals surface area contributed by atoms with Crippen LogP contribution in [0.2, 0.25) is 0 Å². The molecule has 0 spiro atoms. The molecule has 0 unspecified atom stereocenters. The molecular weight excluding hydrogens is 406 g/mol. The quantitative estimate of drug-likeness (QED) is 0.494. The number of benzene rings is 1. The van der Waals surface area contributed by atoms with E-state index >= 15 is 0 Å². The summed E-state index contributed by atoms with van der Waals surface area (Å²) in [5.41, 5.74) is 6.43. The molecule has 0 amide bonds. The Hall–Kier alpha value is -3.24. The molecule has 4 rings (SSSR count). The molecular formula is C29H33N3O. The summed E-state index contributed by atoms with van der Waals surface area (Å²) >= 11 is 0. The second kappa shape index (κ2) is 8.27. The fourth-order valence-corrected chi connectivity index (χ4v) is 4.95. The van der Waals surface area contributed by atoms with Crippen LogP contribution in [0.3, 0.4) is 0 Å². The Morgan fingerprint density at radius 1 is 0.970 bits per heavy atom. The topological polar surface area (TPSA) is 60.0 Å². The summed E-state index contributed by atoms with van der Waals surface area (Å²) in [6.45, 7) is 15.7. The highest BCUT2D eigenvalue weighted by Crippen LogP contribution is 2.49. The molecule has 1 aromatic carbocycles. The third-order valence-electron chi connectivity index (χ3n) is 7.27. The molecule has 0 bridgehead atoms. The van der Waals surface area contributed by atoms with E-state index in [0.717, 1.165) is 37.3 Å². The van der Waals surface area contributed by atoms with Crippen molar-refractivity contribution in [1.29, 1.82) is 10.5 Å². The highest BCUT2D eigenvalue weighted by atomic mass is 16.5. The van der Waals surface area contributed by atoms with Gasteiger partial charge in [0.1, 0.15) is 29.2 Å². The van der Waals surface area contributed by atoms with Gasteiger partial charge in [-0.25, -0.2) is 0 Å². The Morgan fingerprint density at radius 2 is 1.55 bits per heavy atom. The minimum atomic E-state index is 0.101. The maximum Gasteiger partial charge on any atom is 0.137 e. The van der Waals surface area contributed by atoms with E-state index in [1.807, 2.05) is 32.1 Å². The van der Waals surface area contributed by atoms with Gasteiger partial charge in [-0.2, -0.15) is 10.5 Å². The molecule has 33 heavy (non-hydrogen) atoms. The smallest absolute Gasteiger partial charge is 0.137 e. The molecule has 3 heterocycles. The van der Waals surface area contributed by atoms with Gasteiger partial charge in [0.05, 0.1) is 0 Å². The Labute approximate surface area is 198 Å². The molecule has 3 aliphatic heterocycles. The highest BCUT2D eigenvalue weighted by Gasteiger charge is 2.39. The van der Waals surface area contributed by atoms with Crippen molar-refractivity contribution in [3.63, 3.8) is 0 Å². The summed E-state index contributed by atoms with van der Waals surface area (Å²) in [6.07, 6.45) is 9.95. The fourth-order valence-electron chi connectivity index (χ4n) is 4.95. The molecule has 3 aliphatic rings. The standard InChI is InChI=1S/C29H33N3O/c1-19(2)26-16-21(22(17-30)18-31)15-23(33-26)8-7-20-13-24-27-25(14-20)29(5,6)10-12-32(27)11-9-28(24,3)4/h7-8,13-16,19H,9-12H2,1-6H3. The molecule has 0 fully saturated rings.